The summed E-state index contributed by atoms with van der Waals surface area (Å²) in [5.41, 5.74) is 2.41. The van der Waals surface area contributed by atoms with Gasteiger partial charge in [-0.3, -0.25) is 4.68 Å². The smallest absolute Gasteiger partial charge is 0.0568 e. The van der Waals surface area contributed by atoms with Gasteiger partial charge in [0.1, 0.15) is 0 Å². The van der Waals surface area contributed by atoms with Gasteiger partial charge in [0, 0.05) is 22.8 Å². The van der Waals surface area contributed by atoms with Crippen LogP contribution < -0.4 is 5.32 Å². The molecule has 1 fully saturated rings. The minimum atomic E-state index is 0.714. The Kier molecular flexibility index (Phi) is 3.99. The number of hydrogen-bond donors (Lipinski definition) is 1. The summed E-state index contributed by atoms with van der Waals surface area (Å²) in [6.45, 7) is 3.30. The fraction of sp³-hybridized carbons (Fsp3) is 0.400. The van der Waals surface area contributed by atoms with Crippen LogP contribution in [0.5, 0.6) is 0 Å². The van der Waals surface area contributed by atoms with Crippen molar-refractivity contribution >= 4 is 15.9 Å². The second-order valence-electron chi connectivity index (χ2n) is 5.17. The predicted octanol–water partition coefficient (Wildman–Crippen LogP) is 3.31. The SMILES string of the molecule is Brc1ccc(-c2cnn(CC3CCCNC3)c2)cc1. The molecule has 1 aromatic heterocycles. The highest BCUT2D eigenvalue weighted by molar-refractivity contribution is 9.10. The molecule has 19 heavy (non-hydrogen) atoms. The summed E-state index contributed by atoms with van der Waals surface area (Å²) in [5, 5.41) is 7.94. The summed E-state index contributed by atoms with van der Waals surface area (Å²) in [7, 11) is 0. The van der Waals surface area contributed by atoms with Gasteiger partial charge in [-0.05, 0) is 49.5 Å². The van der Waals surface area contributed by atoms with Crippen molar-refractivity contribution in [1.29, 1.82) is 0 Å². The molecule has 0 spiro atoms. The van der Waals surface area contributed by atoms with Gasteiger partial charge in [0.15, 0.2) is 0 Å². The average molecular weight is 320 g/mol. The molecule has 100 valence electrons. The number of nitrogens with zero attached hydrogens (tertiary/aromatic N) is 2. The molecule has 0 bridgehead atoms. The Hall–Kier alpha value is -1.13. The molecule has 3 nitrogen and oxygen atoms in total. The number of nitrogens with one attached hydrogen (secondary N) is 1. The molecule has 1 N–H and O–H groups in total. The molecule has 1 aliphatic heterocycles. The third-order valence-electron chi connectivity index (χ3n) is 3.65. The van der Waals surface area contributed by atoms with Gasteiger partial charge in [0.05, 0.1) is 6.20 Å². The lowest BCUT2D eigenvalue weighted by atomic mass is 10.00. The summed E-state index contributed by atoms with van der Waals surface area (Å²) >= 11 is 3.46. The standard InChI is InChI=1S/C15H18BrN3/c16-15-5-3-13(4-6-15)14-9-18-19(11-14)10-12-2-1-7-17-8-12/h3-6,9,11-12,17H,1-2,7-8,10H2. The monoisotopic (exact) mass is 319 g/mol. The highest BCUT2D eigenvalue weighted by atomic mass is 79.9. The summed E-state index contributed by atoms with van der Waals surface area (Å²) in [6.07, 6.45) is 6.70. The first kappa shape index (κ1) is 12.9. The van der Waals surface area contributed by atoms with Crippen LogP contribution in [0.15, 0.2) is 41.1 Å². The maximum Gasteiger partial charge on any atom is 0.0568 e. The van der Waals surface area contributed by atoms with Gasteiger partial charge in [-0.15, -0.1) is 0 Å². The van der Waals surface area contributed by atoms with E-state index in [1.807, 2.05) is 6.20 Å². The number of rotatable bonds is 3. The third-order valence-corrected chi connectivity index (χ3v) is 4.18. The van der Waals surface area contributed by atoms with Crippen molar-refractivity contribution in [2.75, 3.05) is 13.1 Å². The van der Waals surface area contributed by atoms with Crippen LogP contribution in [0.4, 0.5) is 0 Å². The van der Waals surface area contributed by atoms with Crippen molar-refractivity contribution in [1.82, 2.24) is 15.1 Å². The molecule has 4 heteroatoms. The molecule has 0 saturated carbocycles. The van der Waals surface area contributed by atoms with E-state index < -0.39 is 0 Å². The van der Waals surface area contributed by atoms with E-state index in [9.17, 15) is 0 Å². The summed E-state index contributed by atoms with van der Waals surface area (Å²) < 4.78 is 3.19. The highest BCUT2D eigenvalue weighted by Crippen LogP contribution is 2.22. The van der Waals surface area contributed by atoms with Crippen LogP contribution in [0.2, 0.25) is 0 Å². The summed E-state index contributed by atoms with van der Waals surface area (Å²) in [6, 6.07) is 8.37. The van der Waals surface area contributed by atoms with Crippen molar-refractivity contribution in [3.05, 3.63) is 41.1 Å². The Labute approximate surface area is 122 Å². The van der Waals surface area contributed by atoms with Crippen molar-refractivity contribution in [2.45, 2.75) is 19.4 Å². The van der Waals surface area contributed by atoms with E-state index in [4.69, 9.17) is 0 Å². The zero-order chi connectivity index (χ0) is 13.1. The first-order valence-corrected chi connectivity index (χ1v) is 7.60. The van der Waals surface area contributed by atoms with Gasteiger partial charge in [-0.25, -0.2) is 0 Å². The summed E-state index contributed by atoms with van der Waals surface area (Å²) in [5.74, 6) is 0.714. The minimum Gasteiger partial charge on any atom is -0.316 e. The van der Waals surface area contributed by atoms with E-state index in [0.717, 1.165) is 17.6 Å². The average Bonchev–Trinajstić information content (AvgIpc) is 2.89. The minimum absolute atomic E-state index is 0.714. The zero-order valence-electron chi connectivity index (χ0n) is 10.8. The summed E-state index contributed by atoms with van der Waals surface area (Å²) in [4.78, 5) is 0. The Morgan fingerprint density at radius 2 is 2.11 bits per heavy atom. The van der Waals surface area contributed by atoms with E-state index in [0.29, 0.717) is 5.92 Å². The third kappa shape index (κ3) is 3.25. The molecule has 2 heterocycles. The maximum atomic E-state index is 4.49. The van der Waals surface area contributed by atoms with Crippen LogP contribution in [0.1, 0.15) is 12.8 Å². The van der Waals surface area contributed by atoms with Crippen molar-refractivity contribution in [2.24, 2.45) is 5.92 Å². The molecule has 0 radical (unpaired) electrons. The van der Waals surface area contributed by atoms with Crippen LogP contribution in [-0.4, -0.2) is 22.9 Å². The van der Waals surface area contributed by atoms with Gasteiger partial charge in [-0.1, -0.05) is 28.1 Å². The van der Waals surface area contributed by atoms with Crippen LogP contribution in [-0.2, 0) is 6.54 Å². The molecule has 1 saturated heterocycles. The highest BCUT2D eigenvalue weighted by Gasteiger charge is 2.14. The first-order chi connectivity index (χ1) is 9.31. The van der Waals surface area contributed by atoms with E-state index in [2.05, 4.69) is 61.5 Å². The van der Waals surface area contributed by atoms with Gasteiger partial charge in [0.2, 0.25) is 0 Å². The van der Waals surface area contributed by atoms with E-state index >= 15 is 0 Å². The van der Waals surface area contributed by atoms with Crippen molar-refractivity contribution in [3.63, 3.8) is 0 Å². The Bertz CT molecular complexity index is 527. The number of aromatic nitrogens is 2. The molecule has 0 amide bonds. The Morgan fingerprint density at radius 3 is 2.84 bits per heavy atom. The van der Waals surface area contributed by atoms with Crippen molar-refractivity contribution < 1.29 is 0 Å². The number of halogens is 1. The second-order valence-corrected chi connectivity index (χ2v) is 6.09. The molecular weight excluding hydrogens is 302 g/mol. The maximum absolute atomic E-state index is 4.49. The topological polar surface area (TPSA) is 29.9 Å². The molecule has 1 aliphatic rings. The van der Waals surface area contributed by atoms with E-state index in [-0.39, 0.29) is 0 Å². The lowest BCUT2D eigenvalue weighted by molar-refractivity contribution is 0.325. The molecule has 1 unspecified atom stereocenters. The van der Waals surface area contributed by atoms with E-state index in [1.165, 1.54) is 30.5 Å². The van der Waals surface area contributed by atoms with Gasteiger partial charge in [0.25, 0.3) is 0 Å². The lowest BCUT2D eigenvalue weighted by Gasteiger charge is -2.22. The van der Waals surface area contributed by atoms with Crippen LogP contribution in [0.3, 0.4) is 0 Å². The number of benzene rings is 1. The molecule has 2 aromatic rings. The van der Waals surface area contributed by atoms with Crippen LogP contribution in [0.25, 0.3) is 11.1 Å². The van der Waals surface area contributed by atoms with Gasteiger partial charge < -0.3 is 5.32 Å². The fourth-order valence-electron chi connectivity index (χ4n) is 2.60. The molecule has 0 aliphatic carbocycles. The fourth-order valence-corrected chi connectivity index (χ4v) is 2.86. The second kappa shape index (κ2) is 5.88. The number of hydrogen-bond acceptors (Lipinski definition) is 2. The molecule has 3 rings (SSSR count). The largest absolute Gasteiger partial charge is 0.316 e. The normalized spacial score (nSPS) is 19.5. The predicted molar refractivity (Wildman–Crippen MR) is 81.0 cm³/mol. The Morgan fingerprint density at radius 1 is 1.26 bits per heavy atom. The Balaban J connectivity index is 1.70. The van der Waals surface area contributed by atoms with Crippen LogP contribution >= 0.6 is 15.9 Å². The quantitative estimate of drug-likeness (QED) is 0.940. The van der Waals surface area contributed by atoms with Crippen molar-refractivity contribution in [3.8, 4) is 11.1 Å². The molecule has 1 aromatic carbocycles. The molecule has 1 atom stereocenters. The zero-order valence-corrected chi connectivity index (χ0v) is 12.4. The first-order valence-electron chi connectivity index (χ1n) is 6.80. The lowest BCUT2D eigenvalue weighted by Crippen LogP contribution is -2.32. The van der Waals surface area contributed by atoms with Gasteiger partial charge in [-0.2, -0.15) is 5.10 Å². The van der Waals surface area contributed by atoms with Gasteiger partial charge >= 0.3 is 0 Å². The molecular formula is C15H18BrN3. The van der Waals surface area contributed by atoms with Crippen LogP contribution in [0, 0.1) is 5.92 Å². The number of piperidine rings is 1. The van der Waals surface area contributed by atoms with E-state index in [1.54, 1.807) is 0 Å².